The molecule has 6 nitrogen and oxygen atoms in total. The molecule has 128 valence electrons. The third-order valence-electron chi connectivity index (χ3n) is 3.89. The van der Waals surface area contributed by atoms with Crippen molar-refractivity contribution in [3.63, 3.8) is 0 Å². The molecule has 1 atom stereocenters. The van der Waals surface area contributed by atoms with Gasteiger partial charge in [0.25, 0.3) is 0 Å². The van der Waals surface area contributed by atoms with E-state index in [0.29, 0.717) is 19.4 Å². The number of nitrogens with one attached hydrogen (secondary N) is 1. The normalized spacial score (nSPS) is 17.4. The molecule has 1 saturated heterocycles. The zero-order chi connectivity index (χ0) is 16.7. The van der Waals surface area contributed by atoms with Crippen molar-refractivity contribution in [2.24, 2.45) is 0 Å². The fourth-order valence-electron chi connectivity index (χ4n) is 2.60. The van der Waals surface area contributed by atoms with Gasteiger partial charge in [-0.15, -0.1) is 0 Å². The van der Waals surface area contributed by atoms with Gasteiger partial charge in [-0.1, -0.05) is 32.6 Å². The first kappa shape index (κ1) is 17.6. The molecule has 1 fully saturated rings. The lowest BCUT2D eigenvalue weighted by Gasteiger charge is -2.13. The number of carbonyl (C=O) groups is 1. The Morgan fingerprint density at radius 2 is 2.22 bits per heavy atom. The van der Waals surface area contributed by atoms with Crippen LogP contribution in [0.15, 0.2) is 11.0 Å². The summed E-state index contributed by atoms with van der Waals surface area (Å²) in [6, 6.07) is 0. The smallest absolute Gasteiger partial charge is 0.351 e. The van der Waals surface area contributed by atoms with Gasteiger partial charge in [-0.3, -0.25) is 9.36 Å². The molecule has 0 aliphatic carbocycles. The van der Waals surface area contributed by atoms with Gasteiger partial charge >= 0.3 is 5.69 Å². The van der Waals surface area contributed by atoms with Crippen molar-refractivity contribution in [3.8, 4) is 0 Å². The topological polar surface area (TPSA) is 73.2 Å². The van der Waals surface area contributed by atoms with E-state index in [4.69, 9.17) is 4.74 Å². The number of hydrogen-bond donors (Lipinski definition) is 1. The Morgan fingerprint density at radius 3 is 2.91 bits per heavy atom. The van der Waals surface area contributed by atoms with Crippen LogP contribution in [0.3, 0.4) is 0 Å². The van der Waals surface area contributed by atoms with Crippen molar-refractivity contribution in [2.75, 3.05) is 11.9 Å². The molecule has 0 aromatic carbocycles. The number of rotatable bonds is 8. The Balaban J connectivity index is 1.91. The van der Waals surface area contributed by atoms with Crippen molar-refractivity contribution in [1.82, 2.24) is 9.55 Å². The fraction of sp³-hybridized carbons (Fsp3) is 0.688. The highest BCUT2D eigenvalue weighted by atomic mass is 19.1. The van der Waals surface area contributed by atoms with E-state index in [2.05, 4.69) is 17.2 Å². The van der Waals surface area contributed by atoms with E-state index in [1.807, 2.05) is 0 Å². The molecule has 23 heavy (non-hydrogen) atoms. The van der Waals surface area contributed by atoms with Crippen molar-refractivity contribution in [3.05, 3.63) is 22.5 Å². The minimum Gasteiger partial charge on any atom is -0.358 e. The van der Waals surface area contributed by atoms with E-state index in [-0.39, 0.29) is 11.7 Å². The Bertz CT molecular complexity index is 582. The molecule has 2 heterocycles. The van der Waals surface area contributed by atoms with E-state index in [1.165, 1.54) is 0 Å². The van der Waals surface area contributed by atoms with E-state index in [9.17, 15) is 14.0 Å². The van der Waals surface area contributed by atoms with Crippen LogP contribution >= 0.6 is 0 Å². The van der Waals surface area contributed by atoms with Crippen LogP contribution in [0.1, 0.15) is 64.5 Å². The van der Waals surface area contributed by atoms with E-state index >= 15 is 0 Å². The summed E-state index contributed by atoms with van der Waals surface area (Å²) in [5.74, 6) is -1.34. The third kappa shape index (κ3) is 5.13. The van der Waals surface area contributed by atoms with Gasteiger partial charge in [0.05, 0.1) is 6.20 Å². The molecule has 2 rings (SSSR count). The predicted molar refractivity (Wildman–Crippen MR) is 84.7 cm³/mol. The standard InChI is InChI=1S/C16H24FN3O3/c1-2-3-4-5-6-8-13(21)18-15-12(17)11-20(16(22)19-15)14-9-7-10-23-14/h11,14H,2-10H2,1H3,(H,18,19,21,22). The number of amides is 1. The highest BCUT2D eigenvalue weighted by Gasteiger charge is 2.21. The summed E-state index contributed by atoms with van der Waals surface area (Å²) < 4.78 is 20.5. The van der Waals surface area contributed by atoms with E-state index in [1.54, 1.807) is 0 Å². The van der Waals surface area contributed by atoms with Crippen molar-refractivity contribution >= 4 is 11.7 Å². The van der Waals surface area contributed by atoms with Crippen LogP contribution in [0.4, 0.5) is 10.2 Å². The number of aromatic nitrogens is 2. The van der Waals surface area contributed by atoms with Gasteiger partial charge in [0.2, 0.25) is 5.91 Å². The molecule has 0 radical (unpaired) electrons. The monoisotopic (exact) mass is 325 g/mol. The Labute approximate surface area is 135 Å². The number of unbranched alkanes of at least 4 members (excludes halogenated alkanes) is 4. The van der Waals surface area contributed by atoms with Crippen molar-refractivity contribution in [1.29, 1.82) is 0 Å². The molecule has 1 amide bonds. The van der Waals surface area contributed by atoms with Gasteiger partial charge in [0.1, 0.15) is 6.23 Å². The van der Waals surface area contributed by atoms with E-state index in [0.717, 1.165) is 49.3 Å². The summed E-state index contributed by atoms with van der Waals surface area (Å²) in [7, 11) is 0. The third-order valence-corrected chi connectivity index (χ3v) is 3.89. The molecule has 1 aromatic heterocycles. The van der Waals surface area contributed by atoms with Crippen molar-refractivity contribution in [2.45, 2.75) is 64.5 Å². The van der Waals surface area contributed by atoms with Gasteiger partial charge in [0.15, 0.2) is 11.6 Å². The quantitative estimate of drug-likeness (QED) is 0.746. The lowest BCUT2D eigenvalue weighted by atomic mass is 10.1. The molecule has 1 aromatic rings. The van der Waals surface area contributed by atoms with Crippen LogP contribution in [0.5, 0.6) is 0 Å². The zero-order valence-corrected chi connectivity index (χ0v) is 13.5. The molecule has 0 spiro atoms. The first-order chi connectivity index (χ1) is 11.1. The van der Waals surface area contributed by atoms with Gasteiger partial charge in [-0.05, 0) is 19.3 Å². The number of nitrogens with zero attached hydrogens (tertiary/aromatic N) is 2. The van der Waals surface area contributed by atoms with Gasteiger partial charge in [-0.25, -0.2) is 9.18 Å². The summed E-state index contributed by atoms with van der Waals surface area (Å²) in [5, 5.41) is 2.38. The zero-order valence-electron chi connectivity index (χ0n) is 13.5. The largest absolute Gasteiger partial charge is 0.358 e. The van der Waals surface area contributed by atoms with Crippen LogP contribution in [0, 0.1) is 5.82 Å². The molecule has 0 bridgehead atoms. The van der Waals surface area contributed by atoms with Crippen LogP contribution < -0.4 is 11.0 Å². The Hall–Kier alpha value is -1.76. The predicted octanol–water partition coefficient (Wildman–Crippen LogP) is 2.99. The van der Waals surface area contributed by atoms with Crippen LogP contribution in [0.25, 0.3) is 0 Å². The molecule has 1 N–H and O–H groups in total. The van der Waals surface area contributed by atoms with Crippen molar-refractivity contribution < 1.29 is 13.9 Å². The number of carbonyl (C=O) groups excluding carboxylic acids is 1. The average molecular weight is 325 g/mol. The molecule has 7 heteroatoms. The van der Waals surface area contributed by atoms with Gasteiger partial charge in [-0.2, -0.15) is 4.98 Å². The van der Waals surface area contributed by atoms with Crippen LogP contribution in [0.2, 0.25) is 0 Å². The first-order valence-electron chi connectivity index (χ1n) is 8.32. The number of halogens is 1. The van der Waals surface area contributed by atoms with Gasteiger partial charge in [0, 0.05) is 13.0 Å². The van der Waals surface area contributed by atoms with Gasteiger partial charge < -0.3 is 10.1 Å². The SMILES string of the molecule is CCCCCCCC(=O)Nc1nc(=O)n(C2CCCO2)cc1F. The second-order valence-electron chi connectivity index (χ2n) is 5.81. The van der Waals surface area contributed by atoms with Crippen LogP contribution in [-0.4, -0.2) is 22.1 Å². The first-order valence-corrected chi connectivity index (χ1v) is 8.32. The lowest BCUT2D eigenvalue weighted by Crippen LogP contribution is -2.29. The minimum absolute atomic E-state index is 0.303. The number of hydrogen-bond acceptors (Lipinski definition) is 4. The maximum absolute atomic E-state index is 14.0. The van der Waals surface area contributed by atoms with E-state index < -0.39 is 17.7 Å². The second-order valence-corrected chi connectivity index (χ2v) is 5.81. The summed E-state index contributed by atoms with van der Waals surface area (Å²) in [4.78, 5) is 27.4. The minimum atomic E-state index is -0.723. The Kier molecular flexibility index (Phi) is 6.70. The highest BCUT2D eigenvalue weighted by Crippen LogP contribution is 2.22. The summed E-state index contributed by atoms with van der Waals surface area (Å²) in [5.41, 5.74) is -0.614. The molecular weight excluding hydrogens is 301 g/mol. The molecule has 1 aliphatic rings. The summed E-state index contributed by atoms with van der Waals surface area (Å²) >= 11 is 0. The summed E-state index contributed by atoms with van der Waals surface area (Å²) in [6.07, 6.45) is 7.49. The van der Waals surface area contributed by atoms with Crippen LogP contribution in [-0.2, 0) is 9.53 Å². The second kappa shape index (κ2) is 8.76. The summed E-state index contributed by atoms with van der Waals surface area (Å²) in [6.45, 7) is 2.68. The number of anilines is 1. The number of ether oxygens (including phenoxy) is 1. The fourth-order valence-corrected chi connectivity index (χ4v) is 2.60. The molecular formula is C16H24FN3O3. The lowest BCUT2D eigenvalue weighted by molar-refractivity contribution is -0.116. The average Bonchev–Trinajstić information content (AvgIpc) is 3.04. The Morgan fingerprint density at radius 1 is 1.43 bits per heavy atom. The molecule has 0 saturated carbocycles. The maximum Gasteiger partial charge on any atom is 0.351 e. The molecule has 1 unspecified atom stereocenters. The highest BCUT2D eigenvalue weighted by molar-refractivity contribution is 5.89. The maximum atomic E-state index is 14.0. The molecule has 1 aliphatic heterocycles.